The molecule has 2 aromatic heterocycles. The molecule has 0 aliphatic heterocycles. The minimum Gasteiger partial charge on any atom is -0.302 e. The van der Waals surface area contributed by atoms with Crippen molar-refractivity contribution in [3.63, 3.8) is 0 Å². The Labute approximate surface area is 456 Å². The molecule has 11 heteroatoms. The Morgan fingerprint density at radius 1 is 0.594 bits per heavy atom. The number of hydrogen-bond donors (Lipinski definition) is 0. The van der Waals surface area contributed by atoms with E-state index < -0.39 is 9.85 Å². The number of non-ortho nitro benzene ring substituents is 1. The number of unbranched alkanes of at least 4 members (excludes halogenated alkanes) is 18. The predicted molar refractivity (Wildman–Crippen MR) is 288 cm³/mol. The van der Waals surface area contributed by atoms with E-state index in [0.717, 1.165) is 70.5 Å². The van der Waals surface area contributed by atoms with Crippen LogP contribution in [0, 0.1) is 77.3 Å². The van der Waals surface area contributed by atoms with Crippen molar-refractivity contribution in [2.45, 2.75) is 169 Å². The van der Waals surface area contributed by atoms with Gasteiger partial charge in [0.25, 0.3) is 5.69 Å². The van der Waals surface area contributed by atoms with E-state index in [0.29, 0.717) is 11.1 Å². The molecule has 0 N–H and O–H groups in total. The number of rotatable bonds is 29. The number of nitrogens with zero attached hydrogens (tertiary/aromatic N) is 3. The summed E-state index contributed by atoms with van der Waals surface area (Å²) in [6.45, 7) is 9.73. The van der Waals surface area contributed by atoms with E-state index in [1.807, 2.05) is 72.8 Å². The quantitative estimate of drug-likeness (QED) is 0.0201. The summed E-state index contributed by atoms with van der Waals surface area (Å²) >= 11 is 2.93. The fraction of sp³-hybridized carbons (Fsp3) is 0.448. The first-order chi connectivity index (χ1) is 33.1. The molecule has 0 aliphatic carbocycles. The molecule has 6 aromatic rings. The van der Waals surface area contributed by atoms with Crippen molar-refractivity contribution in [1.82, 2.24) is 0 Å². The van der Waals surface area contributed by atoms with Gasteiger partial charge in [0.15, 0.2) is 5.69 Å². The third-order valence-electron chi connectivity index (χ3n) is 12.6. The number of aryl methyl sites for hydroxylation is 2. The van der Waals surface area contributed by atoms with E-state index in [-0.39, 0.29) is 84.3 Å². The topological polar surface area (TPSA) is 107 Å². The Bertz CT molecular complexity index is 2450. The second-order valence-electron chi connectivity index (χ2n) is 18.2. The first kappa shape index (κ1) is 57.7. The van der Waals surface area contributed by atoms with Gasteiger partial charge in [0.1, 0.15) is 5.69 Å². The monoisotopic (exact) mass is 1180 g/mol. The third-order valence-corrected chi connectivity index (χ3v) is 14.7. The van der Waals surface area contributed by atoms with Gasteiger partial charge in [-0.1, -0.05) is 184 Å². The van der Waals surface area contributed by atoms with Gasteiger partial charge in [-0.05, 0) is 74.8 Å². The van der Waals surface area contributed by atoms with Crippen LogP contribution < -0.4 is 4.90 Å². The summed E-state index contributed by atoms with van der Waals surface area (Å²) in [5.74, 6) is -0.359. The third kappa shape index (κ3) is 19.0. The van der Waals surface area contributed by atoms with E-state index in [4.69, 9.17) is 0 Å². The molecule has 0 saturated carbocycles. The van der Waals surface area contributed by atoms with Crippen LogP contribution in [0.3, 0.4) is 0 Å². The summed E-state index contributed by atoms with van der Waals surface area (Å²) < 4.78 is 0. The zero-order valence-electron chi connectivity index (χ0n) is 41.5. The molecule has 69 heavy (non-hydrogen) atoms. The first-order valence-electron chi connectivity index (χ1n) is 25.3. The van der Waals surface area contributed by atoms with Crippen molar-refractivity contribution in [3.8, 4) is 20.9 Å². The van der Waals surface area contributed by atoms with Gasteiger partial charge in [0.05, 0.1) is 11.5 Å². The van der Waals surface area contributed by atoms with Gasteiger partial charge in [0.2, 0.25) is 5.91 Å². The molecule has 8 nitrogen and oxygen atoms in total. The van der Waals surface area contributed by atoms with Gasteiger partial charge >= 0.3 is 0 Å². The molecular formula is C58H73AcN3O5S2-2. The molecular weight excluding hydrogens is 1110 g/mol. The van der Waals surface area contributed by atoms with Crippen LogP contribution in [0.1, 0.15) is 171 Å². The SMILES string of the molecule is CCCCCCCCCCCCc1csc(-c2[c-]c([N+](=O)[O-])c3cc(-c4cc(CCCCCCCCCCCC)cs4)c(N(Cc4ccccc4)C(C)=O)c([N+](=O)[O-])c3c2)c1.[Ac].[CH2-]c1ccccc1. The summed E-state index contributed by atoms with van der Waals surface area (Å²) in [6, 6.07) is 29.8. The standard InChI is InChI=1S/C51H66N3O5S2.C7H7.Ac/c1-4-6-8-10-12-14-16-18-20-23-29-41-31-48(60-37-41)43-33-45-44(47(34-43)53(56)57)35-46(49-32-42(38-61-49)30-24-21-19-17-15-13-11-9-7-5-2)50(51(45)54(58)59)52(39(3)55)36-40-27-25-22-26-28-40;1-7-5-3-2-4-6-7;/h22,25-28,31-33,35,37-38H,4-21,23-24,29-30,36H2,1-3H3;2-6H,1H2;/q2*-1;. The normalized spacial score (nSPS) is 10.9. The fourth-order valence-electron chi connectivity index (χ4n) is 8.83. The molecule has 6 rings (SSSR count). The second kappa shape index (κ2) is 32.2. The molecule has 0 spiro atoms. The molecule has 1 amide bonds. The summed E-state index contributed by atoms with van der Waals surface area (Å²) in [7, 11) is 0. The number of benzene rings is 4. The van der Waals surface area contributed by atoms with Gasteiger partial charge in [-0.25, -0.2) is 0 Å². The number of carbonyl (C=O) groups excluding carboxylic acids is 1. The van der Waals surface area contributed by atoms with E-state index in [2.05, 4.69) is 37.6 Å². The maximum Gasteiger partial charge on any atom is 0.283 e. The number of nitro groups is 2. The average molecular weight is 1180 g/mol. The fourth-order valence-corrected chi connectivity index (χ4v) is 10.7. The number of hydrogen-bond acceptors (Lipinski definition) is 7. The maximum absolute atomic E-state index is 13.6. The molecule has 367 valence electrons. The van der Waals surface area contributed by atoms with Crippen LogP contribution in [0.4, 0.5) is 17.1 Å². The Hall–Kier alpha value is -3.88. The molecule has 0 saturated heterocycles. The van der Waals surface area contributed by atoms with Crippen molar-refractivity contribution < 1.29 is 58.7 Å². The van der Waals surface area contributed by atoms with Gasteiger partial charge in [-0.15, -0.1) is 35.1 Å². The van der Waals surface area contributed by atoms with Crippen LogP contribution in [0.25, 0.3) is 31.7 Å². The minimum absolute atomic E-state index is 0. The van der Waals surface area contributed by atoms with Crippen LogP contribution in [0.5, 0.6) is 0 Å². The molecule has 1 radical (unpaired) electrons. The van der Waals surface area contributed by atoms with Crippen molar-refractivity contribution >= 4 is 56.4 Å². The zero-order chi connectivity index (χ0) is 48.5. The van der Waals surface area contributed by atoms with E-state index in [1.54, 1.807) is 12.1 Å². The summed E-state index contributed by atoms with van der Waals surface area (Å²) in [4.78, 5) is 41.9. The van der Waals surface area contributed by atoms with Crippen molar-refractivity contribution in [3.05, 3.63) is 151 Å². The van der Waals surface area contributed by atoms with E-state index >= 15 is 0 Å². The zero-order valence-corrected chi connectivity index (χ0v) is 47.9. The summed E-state index contributed by atoms with van der Waals surface area (Å²) in [5.41, 5.74) is 4.55. The molecule has 0 aliphatic rings. The molecule has 0 bridgehead atoms. The Balaban J connectivity index is 0.00000119. The molecule has 2 heterocycles. The smallest absolute Gasteiger partial charge is 0.283 e. The summed E-state index contributed by atoms with van der Waals surface area (Å²) in [6.07, 6.45) is 26.8. The van der Waals surface area contributed by atoms with Crippen LogP contribution in [-0.4, -0.2) is 15.8 Å². The van der Waals surface area contributed by atoms with E-state index in [9.17, 15) is 25.0 Å². The number of amides is 1. The van der Waals surface area contributed by atoms with Crippen LogP contribution in [0.15, 0.2) is 95.7 Å². The molecule has 0 unspecified atom stereocenters. The number of fused-ring (bicyclic) bond motifs is 1. The van der Waals surface area contributed by atoms with Crippen molar-refractivity contribution in [2.75, 3.05) is 4.90 Å². The second-order valence-corrected chi connectivity index (χ2v) is 20.0. The molecule has 4 aromatic carbocycles. The number of thiophene rings is 2. The minimum atomic E-state index is -0.491. The van der Waals surface area contributed by atoms with Crippen LogP contribution in [0.2, 0.25) is 0 Å². The Kier molecular flexibility index (Phi) is 26.9. The molecule has 0 atom stereocenters. The van der Waals surface area contributed by atoms with Gasteiger partial charge < -0.3 is 4.90 Å². The van der Waals surface area contributed by atoms with Gasteiger partial charge in [0, 0.05) is 66.4 Å². The largest absolute Gasteiger partial charge is 0.302 e. The van der Waals surface area contributed by atoms with Crippen LogP contribution >= 0.6 is 22.7 Å². The van der Waals surface area contributed by atoms with Gasteiger partial charge in [-0.3, -0.25) is 25.0 Å². The average Bonchev–Trinajstić information content (AvgIpc) is 4.02. The van der Waals surface area contributed by atoms with Crippen molar-refractivity contribution in [1.29, 1.82) is 0 Å². The number of nitro benzene ring substituents is 2. The number of anilines is 1. The molecule has 0 fully saturated rings. The Morgan fingerprint density at radius 3 is 1.51 bits per heavy atom. The van der Waals surface area contributed by atoms with Crippen molar-refractivity contribution in [2.24, 2.45) is 0 Å². The van der Waals surface area contributed by atoms with E-state index in [1.165, 1.54) is 137 Å². The van der Waals surface area contributed by atoms with Gasteiger partial charge in [-0.2, -0.15) is 36.0 Å². The predicted octanol–water partition coefficient (Wildman–Crippen LogP) is 18.3. The van der Waals surface area contributed by atoms with Crippen LogP contribution in [-0.2, 0) is 24.2 Å². The summed E-state index contributed by atoms with van der Waals surface area (Å²) in [5, 5.41) is 30.7. The first-order valence-corrected chi connectivity index (χ1v) is 27.1. The maximum atomic E-state index is 13.6. The number of carbonyl (C=O) groups is 1. The Morgan fingerprint density at radius 2 is 1.06 bits per heavy atom.